The first-order valence-corrected chi connectivity index (χ1v) is 10.5. The zero-order chi connectivity index (χ0) is 20.9. The molecule has 28 heavy (non-hydrogen) atoms. The Balaban J connectivity index is 1.85. The van der Waals surface area contributed by atoms with Crippen LogP contribution in [0.2, 0.25) is 4.47 Å². The van der Waals surface area contributed by atoms with Gasteiger partial charge in [-0.1, -0.05) is 11.6 Å². The summed E-state index contributed by atoms with van der Waals surface area (Å²) in [6.45, 7) is 33.1. The molecule has 1 aromatic heterocycles. The van der Waals surface area contributed by atoms with Gasteiger partial charge in [0.05, 0.1) is 10.5 Å². The zero-order valence-corrected chi connectivity index (χ0v) is 17.1. The van der Waals surface area contributed by atoms with Crippen molar-refractivity contribution in [2.75, 3.05) is 13.1 Å². The van der Waals surface area contributed by atoms with Crippen LogP contribution in [0.15, 0.2) is 4.40 Å². The number of rotatable bonds is 3. The van der Waals surface area contributed by atoms with Crippen molar-refractivity contribution in [3.63, 3.8) is 0 Å². The van der Waals surface area contributed by atoms with Crippen LogP contribution in [-0.2, 0) is 22.1 Å². The molecule has 9 heteroatoms. The normalized spacial score (nSPS) is 21.8. The molecule has 1 fully saturated rings. The quantitative estimate of drug-likeness (QED) is 0.734. The maximum atomic E-state index is 12.4. The van der Waals surface area contributed by atoms with E-state index in [2.05, 4.69) is 9.38 Å². The van der Waals surface area contributed by atoms with Crippen molar-refractivity contribution in [3.05, 3.63) is 56.6 Å². The van der Waals surface area contributed by atoms with Crippen molar-refractivity contribution in [3.8, 4) is 0 Å². The van der Waals surface area contributed by atoms with Gasteiger partial charge in [0, 0.05) is 44.2 Å². The van der Waals surface area contributed by atoms with Crippen LogP contribution >= 0.6 is 22.9 Å². The molecule has 1 amide bonds. The van der Waals surface area contributed by atoms with Crippen molar-refractivity contribution < 1.29 is 13.7 Å². The van der Waals surface area contributed by atoms with Crippen molar-refractivity contribution in [2.24, 2.45) is 9.81 Å². The van der Waals surface area contributed by atoms with Crippen LogP contribution < -0.4 is 0 Å². The van der Waals surface area contributed by atoms with E-state index in [1.165, 1.54) is 16.2 Å². The lowest BCUT2D eigenvalue weighted by molar-refractivity contribution is 0.0500. The Bertz CT molecular complexity index is 828. The second kappa shape index (κ2) is 7.36. The van der Waals surface area contributed by atoms with E-state index in [1.807, 2.05) is 0 Å². The van der Waals surface area contributed by atoms with Crippen LogP contribution in [0.5, 0.6) is 0 Å². The average molecular weight is 434 g/mol. The Labute approximate surface area is 178 Å². The standard InChI is InChI=1S/C19H16ClN3O3S2/c1-17(2,3)26-16(24)23-9-7-19(8-10-23)11-12-13(21-15(20)27-12)14(19)22-28(25)18(4,5)6/h1-6H,7-11H2/b22-14+/t28-/m1/s1. The number of fused-ring (bicyclic) bond motifs is 1. The van der Waals surface area contributed by atoms with Crippen LogP contribution in [0.25, 0.3) is 0 Å². The first-order valence-electron chi connectivity index (χ1n) is 8.19. The Kier molecular flexibility index (Phi) is 5.71. The van der Waals surface area contributed by atoms with Gasteiger partial charge in [-0.15, -0.1) is 11.3 Å². The number of amides is 1. The lowest BCUT2D eigenvalue weighted by Gasteiger charge is -2.39. The molecule has 1 spiro atoms. The predicted octanol–water partition coefficient (Wildman–Crippen LogP) is 2.77. The molecule has 0 bridgehead atoms. The van der Waals surface area contributed by atoms with Crippen LogP contribution in [0.3, 0.4) is 0 Å². The molecule has 12 radical (unpaired) electrons. The molecular formula is C19H16ClN3O3S2. The highest BCUT2D eigenvalue weighted by Gasteiger charge is 2.49. The minimum absolute atomic E-state index is 0.322. The van der Waals surface area contributed by atoms with Crippen molar-refractivity contribution in [1.82, 2.24) is 9.88 Å². The molecule has 0 saturated carbocycles. The van der Waals surface area contributed by atoms with Crippen molar-refractivity contribution in [2.45, 2.75) is 29.6 Å². The Morgan fingerprint density at radius 1 is 1.25 bits per heavy atom. The number of nitrogens with zero attached hydrogens (tertiary/aromatic N) is 3. The van der Waals surface area contributed by atoms with E-state index in [1.54, 1.807) is 0 Å². The van der Waals surface area contributed by atoms with E-state index in [0.717, 1.165) is 4.88 Å². The molecule has 2 heterocycles. The number of halogens is 1. The van der Waals surface area contributed by atoms with Gasteiger partial charge < -0.3 is 9.64 Å². The fourth-order valence-corrected chi connectivity index (χ4v) is 5.21. The van der Waals surface area contributed by atoms with Crippen LogP contribution in [0.1, 0.15) is 23.4 Å². The molecule has 1 aliphatic heterocycles. The maximum absolute atomic E-state index is 12.4. The fraction of sp³-hybridized carbons (Fsp3) is 0.421. The van der Waals surface area contributed by atoms with E-state index in [9.17, 15) is 9.00 Å². The summed E-state index contributed by atoms with van der Waals surface area (Å²) in [4.78, 5) is 18.8. The highest BCUT2D eigenvalue weighted by Crippen LogP contribution is 2.48. The van der Waals surface area contributed by atoms with Crippen LogP contribution in [0.4, 0.5) is 4.79 Å². The molecular weight excluding hydrogens is 418 g/mol. The fourth-order valence-electron chi connectivity index (χ4n) is 3.32. The molecule has 1 atom stereocenters. The van der Waals surface area contributed by atoms with Gasteiger partial charge in [-0.2, -0.15) is 4.40 Å². The van der Waals surface area contributed by atoms with Gasteiger partial charge in [0.2, 0.25) is 0 Å². The molecule has 6 nitrogen and oxygen atoms in total. The first-order chi connectivity index (χ1) is 12.8. The van der Waals surface area contributed by atoms with E-state index >= 15 is 0 Å². The summed E-state index contributed by atoms with van der Waals surface area (Å²) in [5.41, 5.74) is -1.51. The average Bonchev–Trinajstić information content (AvgIpc) is 3.00. The van der Waals surface area contributed by atoms with Gasteiger partial charge in [-0.25, -0.2) is 14.0 Å². The molecule has 1 aromatic rings. The SMILES string of the molecule is [CH]C([CH])([CH])OC(=O)N1CCC2(CC1)Cc1sc(Cl)nc1/C2=N\[S@](=O)C([CH])([CH])[CH]. The molecule has 0 aromatic carbocycles. The molecule has 2 aliphatic rings. The summed E-state index contributed by atoms with van der Waals surface area (Å²) in [5.74, 6) is 0. The maximum Gasteiger partial charge on any atom is 0.410 e. The number of carbonyl (C=O) groups is 1. The number of thiazole rings is 1. The molecule has 1 saturated heterocycles. The summed E-state index contributed by atoms with van der Waals surface area (Å²) in [5, 5.41) is 0. The Morgan fingerprint density at radius 3 is 2.39 bits per heavy atom. The van der Waals surface area contributed by atoms with Gasteiger partial charge in [-0.3, -0.25) is 0 Å². The van der Waals surface area contributed by atoms with Gasteiger partial charge >= 0.3 is 6.09 Å². The second-order valence-corrected chi connectivity index (χ2v) is 10.0. The summed E-state index contributed by atoms with van der Waals surface area (Å²) >= 11 is 7.34. The lowest BCUT2D eigenvalue weighted by atomic mass is 9.75. The molecule has 0 N–H and O–H groups in total. The van der Waals surface area contributed by atoms with E-state index in [-0.39, 0.29) is 0 Å². The molecule has 1 aliphatic carbocycles. The topological polar surface area (TPSA) is 71.9 Å². The van der Waals surface area contributed by atoms with Gasteiger partial charge in [-0.05, 0) is 40.0 Å². The molecule has 144 valence electrons. The largest absolute Gasteiger partial charge is 0.442 e. The van der Waals surface area contributed by atoms with Crippen molar-refractivity contribution >= 4 is 45.7 Å². The number of piperidine rings is 1. The minimum Gasteiger partial charge on any atom is -0.442 e. The summed E-state index contributed by atoms with van der Waals surface area (Å²) < 4.78 is 19.7. The third-order valence-electron chi connectivity index (χ3n) is 4.62. The van der Waals surface area contributed by atoms with E-state index in [4.69, 9.17) is 57.9 Å². The monoisotopic (exact) mass is 433 g/mol. The zero-order valence-electron chi connectivity index (χ0n) is 14.8. The summed E-state index contributed by atoms with van der Waals surface area (Å²) in [6.07, 6.45) is 0.868. The number of hydrogen-bond donors (Lipinski definition) is 0. The van der Waals surface area contributed by atoms with Gasteiger partial charge in [0.15, 0.2) is 4.47 Å². The molecule has 0 unspecified atom stereocenters. The highest BCUT2D eigenvalue weighted by atomic mass is 35.5. The first kappa shape index (κ1) is 21.7. The van der Waals surface area contributed by atoms with Gasteiger partial charge in [0.25, 0.3) is 0 Å². The third-order valence-corrected chi connectivity index (χ3v) is 6.73. The van der Waals surface area contributed by atoms with E-state index in [0.29, 0.717) is 48.2 Å². The number of likely N-dealkylation sites (tertiary alicyclic amines) is 1. The third kappa shape index (κ3) is 4.44. The van der Waals surface area contributed by atoms with Crippen molar-refractivity contribution in [1.29, 1.82) is 0 Å². The predicted molar refractivity (Wildman–Crippen MR) is 106 cm³/mol. The number of carbonyl (C=O) groups excluding carboxylic acids is 1. The van der Waals surface area contributed by atoms with Crippen LogP contribution in [0, 0.1) is 47.0 Å². The highest BCUT2D eigenvalue weighted by molar-refractivity contribution is 7.85. The van der Waals surface area contributed by atoms with Crippen LogP contribution in [-0.4, -0.2) is 49.3 Å². The Morgan fingerprint density at radius 2 is 1.86 bits per heavy atom. The number of hydrogen-bond acceptors (Lipinski definition) is 5. The number of aromatic nitrogens is 1. The minimum atomic E-state index is -2.10. The van der Waals surface area contributed by atoms with E-state index < -0.39 is 32.8 Å². The second-order valence-electron chi connectivity index (χ2n) is 6.95. The smallest absolute Gasteiger partial charge is 0.410 e. The Hall–Kier alpha value is -0.990. The molecule has 3 rings (SSSR count). The number of ether oxygens (including phenoxy) is 1. The summed E-state index contributed by atoms with van der Waals surface area (Å²) in [7, 11) is -2.10. The van der Waals surface area contributed by atoms with Gasteiger partial charge in [0.1, 0.15) is 22.3 Å². The summed E-state index contributed by atoms with van der Waals surface area (Å²) in [6, 6.07) is 0. The lowest BCUT2D eigenvalue weighted by Crippen LogP contribution is -2.47.